The molecule has 1 aliphatic heterocycles. The van der Waals surface area contributed by atoms with E-state index in [-0.39, 0.29) is 23.6 Å². The van der Waals surface area contributed by atoms with Gasteiger partial charge in [-0.2, -0.15) is 0 Å². The Kier molecular flexibility index (Phi) is 3.90. The van der Waals surface area contributed by atoms with E-state index in [1.54, 1.807) is 13.0 Å². The monoisotopic (exact) mass is 265 g/mol. The van der Waals surface area contributed by atoms with E-state index >= 15 is 0 Å². The number of likely N-dealkylation sites (N-methyl/N-ethyl adjacent to an activating group) is 1. The Morgan fingerprint density at radius 2 is 2.32 bits per heavy atom. The summed E-state index contributed by atoms with van der Waals surface area (Å²) < 4.78 is 5.20. The Morgan fingerprint density at radius 1 is 1.58 bits per heavy atom. The van der Waals surface area contributed by atoms with Gasteiger partial charge >= 0.3 is 0 Å². The van der Waals surface area contributed by atoms with Crippen molar-refractivity contribution < 1.29 is 14.0 Å². The van der Waals surface area contributed by atoms with Crippen LogP contribution in [0.3, 0.4) is 0 Å². The third-order valence-electron chi connectivity index (χ3n) is 3.30. The van der Waals surface area contributed by atoms with Crippen molar-refractivity contribution in [1.82, 2.24) is 10.2 Å². The molecule has 6 heteroatoms. The summed E-state index contributed by atoms with van der Waals surface area (Å²) in [4.78, 5) is 25.9. The van der Waals surface area contributed by atoms with Gasteiger partial charge in [0.2, 0.25) is 5.91 Å². The average molecular weight is 265 g/mol. The molecule has 1 aromatic heterocycles. The molecule has 2 rings (SSSR count). The Hall–Kier alpha value is -1.82. The molecule has 104 valence electrons. The molecule has 0 saturated carbocycles. The number of furan rings is 1. The lowest BCUT2D eigenvalue weighted by molar-refractivity contribution is -0.124. The third-order valence-corrected chi connectivity index (χ3v) is 3.30. The SMILES string of the molecule is CCNC(=O)[C@@H]1C[C@@H](N)CN1C(=O)c1occc1C. The van der Waals surface area contributed by atoms with Crippen LogP contribution in [0.4, 0.5) is 0 Å². The van der Waals surface area contributed by atoms with Crippen molar-refractivity contribution in [3.8, 4) is 0 Å². The van der Waals surface area contributed by atoms with E-state index in [0.717, 1.165) is 5.56 Å². The molecule has 0 bridgehead atoms. The van der Waals surface area contributed by atoms with Gasteiger partial charge in [-0.05, 0) is 26.3 Å². The number of nitrogens with zero attached hydrogens (tertiary/aromatic N) is 1. The third kappa shape index (κ3) is 2.63. The van der Waals surface area contributed by atoms with Crippen LogP contribution in [-0.2, 0) is 4.79 Å². The second kappa shape index (κ2) is 5.44. The number of carbonyl (C=O) groups excluding carboxylic acids is 2. The van der Waals surface area contributed by atoms with Crippen molar-refractivity contribution in [3.05, 3.63) is 23.7 Å². The van der Waals surface area contributed by atoms with Gasteiger partial charge in [-0.25, -0.2) is 0 Å². The van der Waals surface area contributed by atoms with Crippen LogP contribution in [0.2, 0.25) is 0 Å². The van der Waals surface area contributed by atoms with Gasteiger partial charge in [-0.3, -0.25) is 9.59 Å². The fourth-order valence-electron chi connectivity index (χ4n) is 2.36. The minimum Gasteiger partial charge on any atom is -0.459 e. The lowest BCUT2D eigenvalue weighted by Gasteiger charge is -2.22. The van der Waals surface area contributed by atoms with Gasteiger partial charge < -0.3 is 20.4 Å². The molecule has 1 fully saturated rings. The first-order valence-electron chi connectivity index (χ1n) is 6.43. The van der Waals surface area contributed by atoms with Crippen LogP contribution < -0.4 is 11.1 Å². The minimum atomic E-state index is -0.507. The zero-order valence-electron chi connectivity index (χ0n) is 11.2. The molecular weight excluding hydrogens is 246 g/mol. The number of carbonyl (C=O) groups is 2. The van der Waals surface area contributed by atoms with Gasteiger partial charge in [0.25, 0.3) is 5.91 Å². The Balaban J connectivity index is 2.19. The number of amides is 2. The fourth-order valence-corrected chi connectivity index (χ4v) is 2.36. The van der Waals surface area contributed by atoms with Crippen molar-refractivity contribution >= 4 is 11.8 Å². The maximum Gasteiger partial charge on any atom is 0.290 e. The van der Waals surface area contributed by atoms with E-state index in [1.807, 2.05) is 6.92 Å². The molecule has 19 heavy (non-hydrogen) atoms. The molecular formula is C13H19N3O3. The van der Waals surface area contributed by atoms with Gasteiger partial charge in [-0.15, -0.1) is 0 Å². The van der Waals surface area contributed by atoms with Crippen LogP contribution in [0.1, 0.15) is 29.5 Å². The van der Waals surface area contributed by atoms with Gasteiger partial charge in [-0.1, -0.05) is 0 Å². The van der Waals surface area contributed by atoms with E-state index < -0.39 is 6.04 Å². The van der Waals surface area contributed by atoms with Crippen LogP contribution in [0.25, 0.3) is 0 Å². The normalized spacial score (nSPS) is 22.6. The number of likely N-dealkylation sites (tertiary alicyclic amines) is 1. The lowest BCUT2D eigenvalue weighted by atomic mass is 10.1. The number of nitrogens with two attached hydrogens (primary N) is 1. The van der Waals surface area contributed by atoms with Crippen LogP contribution >= 0.6 is 0 Å². The molecule has 6 nitrogen and oxygen atoms in total. The first kappa shape index (κ1) is 13.6. The summed E-state index contributed by atoms with van der Waals surface area (Å²) in [5.74, 6) is -0.150. The highest BCUT2D eigenvalue weighted by Gasteiger charge is 2.39. The van der Waals surface area contributed by atoms with Gasteiger partial charge in [0.1, 0.15) is 6.04 Å². The van der Waals surface area contributed by atoms with Crippen LogP contribution in [0, 0.1) is 6.92 Å². The largest absolute Gasteiger partial charge is 0.459 e. The van der Waals surface area contributed by atoms with Gasteiger partial charge in [0.05, 0.1) is 6.26 Å². The van der Waals surface area contributed by atoms with Crippen molar-refractivity contribution in [1.29, 1.82) is 0 Å². The van der Waals surface area contributed by atoms with Crippen LogP contribution in [0.5, 0.6) is 0 Å². The first-order chi connectivity index (χ1) is 9.04. The highest BCUT2D eigenvalue weighted by Crippen LogP contribution is 2.21. The second-order valence-electron chi connectivity index (χ2n) is 4.80. The Bertz CT molecular complexity index is 483. The number of hydrogen-bond acceptors (Lipinski definition) is 4. The number of rotatable bonds is 3. The average Bonchev–Trinajstić information content (AvgIpc) is 2.95. The first-order valence-corrected chi connectivity index (χ1v) is 6.43. The highest BCUT2D eigenvalue weighted by molar-refractivity contribution is 5.97. The summed E-state index contributed by atoms with van der Waals surface area (Å²) in [5.41, 5.74) is 6.64. The summed E-state index contributed by atoms with van der Waals surface area (Å²) in [6.45, 7) is 4.55. The maximum atomic E-state index is 12.4. The van der Waals surface area contributed by atoms with Gasteiger partial charge in [0, 0.05) is 24.7 Å². The molecule has 2 amide bonds. The molecule has 3 N–H and O–H groups in total. The van der Waals surface area contributed by atoms with Crippen molar-refractivity contribution in [3.63, 3.8) is 0 Å². The van der Waals surface area contributed by atoms with Gasteiger partial charge in [0.15, 0.2) is 5.76 Å². The molecule has 1 aromatic rings. The summed E-state index contributed by atoms with van der Waals surface area (Å²) in [7, 11) is 0. The highest BCUT2D eigenvalue weighted by atomic mass is 16.3. The quantitative estimate of drug-likeness (QED) is 0.820. The van der Waals surface area contributed by atoms with Crippen LogP contribution in [-0.4, -0.2) is 41.9 Å². The molecule has 0 radical (unpaired) electrons. The maximum absolute atomic E-state index is 12.4. The topological polar surface area (TPSA) is 88.6 Å². The zero-order chi connectivity index (χ0) is 14.0. The second-order valence-corrected chi connectivity index (χ2v) is 4.80. The number of nitrogens with one attached hydrogen (secondary N) is 1. The van der Waals surface area contributed by atoms with E-state index in [4.69, 9.17) is 10.2 Å². The summed E-state index contributed by atoms with van der Waals surface area (Å²) in [6, 6.07) is 1.04. The minimum absolute atomic E-state index is 0.159. The molecule has 0 aromatic carbocycles. The zero-order valence-corrected chi connectivity index (χ0v) is 11.2. The Labute approximate surface area is 111 Å². The van der Waals surface area contributed by atoms with Crippen molar-refractivity contribution in [2.24, 2.45) is 5.73 Å². The summed E-state index contributed by atoms with van der Waals surface area (Å²) in [6.07, 6.45) is 1.96. The summed E-state index contributed by atoms with van der Waals surface area (Å²) >= 11 is 0. The van der Waals surface area contributed by atoms with E-state index in [9.17, 15) is 9.59 Å². The van der Waals surface area contributed by atoms with E-state index in [2.05, 4.69) is 5.32 Å². The molecule has 1 saturated heterocycles. The molecule has 2 heterocycles. The Morgan fingerprint density at radius 3 is 2.89 bits per heavy atom. The number of aryl methyl sites for hydroxylation is 1. The lowest BCUT2D eigenvalue weighted by Crippen LogP contribution is -2.46. The molecule has 2 atom stereocenters. The van der Waals surface area contributed by atoms with Crippen LogP contribution in [0.15, 0.2) is 16.7 Å². The number of hydrogen-bond donors (Lipinski definition) is 2. The predicted molar refractivity (Wildman–Crippen MR) is 69.5 cm³/mol. The predicted octanol–water partition coefficient (Wildman–Crippen LogP) is 0.266. The molecule has 0 spiro atoms. The standard InChI is InChI=1S/C13H19N3O3/c1-3-15-12(17)10-6-9(14)7-16(10)13(18)11-8(2)4-5-19-11/h4-5,9-10H,3,6-7,14H2,1-2H3,(H,15,17)/t9-,10+/m1/s1. The van der Waals surface area contributed by atoms with Crippen molar-refractivity contribution in [2.45, 2.75) is 32.4 Å². The molecule has 1 aliphatic rings. The molecule has 0 aliphatic carbocycles. The van der Waals surface area contributed by atoms with E-state index in [0.29, 0.717) is 19.5 Å². The fraction of sp³-hybridized carbons (Fsp3) is 0.538. The van der Waals surface area contributed by atoms with Crippen molar-refractivity contribution in [2.75, 3.05) is 13.1 Å². The smallest absolute Gasteiger partial charge is 0.290 e. The summed E-state index contributed by atoms with van der Waals surface area (Å²) in [5, 5.41) is 2.73. The molecule has 0 unspecified atom stereocenters. The van der Waals surface area contributed by atoms with E-state index in [1.165, 1.54) is 11.2 Å².